The number of hydrogen-bond acceptors (Lipinski definition) is 2. The van der Waals surface area contributed by atoms with E-state index in [1.165, 1.54) is 0 Å². The van der Waals surface area contributed by atoms with Gasteiger partial charge in [0.2, 0.25) is 0 Å². The van der Waals surface area contributed by atoms with E-state index in [1.54, 1.807) is 0 Å². The summed E-state index contributed by atoms with van der Waals surface area (Å²) in [5, 5.41) is 0. The van der Waals surface area contributed by atoms with E-state index in [1.807, 2.05) is 0 Å². The molecule has 1 rings (SSSR count). The largest absolute Gasteiger partial charge is 0.573 e. The lowest BCUT2D eigenvalue weighted by Crippen LogP contribution is -2.19. The molecule has 0 spiro atoms. The molecule has 0 heterocycles. The van der Waals surface area contributed by atoms with Crippen molar-refractivity contribution < 1.29 is 31.5 Å². The van der Waals surface area contributed by atoms with Crippen LogP contribution in [0.2, 0.25) is 0 Å². The van der Waals surface area contributed by atoms with Gasteiger partial charge in [0.15, 0.2) is 5.78 Å². The molecule has 0 aliphatic carbocycles. The molecular weight excluding hydrogens is 295 g/mol. The highest BCUT2D eigenvalue weighted by atomic mass is 35.5. The molecule has 0 radical (unpaired) electrons. The van der Waals surface area contributed by atoms with Crippen LogP contribution in [0.3, 0.4) is 0 Å². The zero-order chi connectivity index (χ0) is 14.6. The fourth-order valence-electron chi connectivity index (χ4n) is 1.45. The maximum atomic E-state index is 12.8. The lowest BCUT2D eigenvalue weighted by molar-refractivity contribution is -0.275. The summed E-state index contributed by atoms with van der Waals surface area (Å²) in [6.45, 7) is 0. The monoisotopic (exact) mass is 302 g/mol. The van der Waals surface area contributed by atoms with Crippen molar-refractivity contribution in [2.75, 3.05) is 5.88 Å². The fraction of sp³-hybridized carbons (Fsp3) is 0.364. The molecule has 0 amide bonds. The summed E-state index contributed by atoms with van der Waals surface area (Å²) in [5.74, 6) is -1.97. The average Bonchev–Trinajstić information content (AvgIpc) is 2.26. The molecular formula is C11H8ClF5O2. The van der Waals surface area contributed by atoms with E-state index in [4.69, 9.17) is 11.6 Å². The Balaban J connectivity index is 3.26. The van der Waals surface area contributed by atoms with Gasteiger partial charge in [0.1, 0.15) is 5.75 Å². The van der Waals surface area contributed by atoms with E-state index in [9.17, 15) is 26.7 Å². The summed E-state index contributed by atoms with van der Waals surface area (Å²) in [6.07, 6.45) is -8.64. The molecule has 1 aromatic rings. The molecule has 106 valence electrons. The van der Waals surface area contributed by atoms with E-state index in [2.05, 4.69) is 4.74 Å². The molecule has 0 fully saturated rings. The van der Waals surface area contributed by atoms with Crippen LogP contribution in [0.15, 0.2) is 18.2 Å². The third-order valence-corrected chi connectivity index (χ3v) is 2.32. The number of carbonyl (C=O) groups is 1. The van der Waals surface area contributed by atoms with E-state index in [0.29, 0.717) is 0 Å². The molecule has 0 atom stereocenters. The number of carbonyl (C=O) groups excluding carboxylic acids is 1. The first kappa shape index (κ1) is 15.7. The van der Waals surface area contributed by atoms with Crippen LogP contribution < -0.4 is 4.74 Å². The van der Waals surface area contributed by atoms with Crippen LogP contribution >= 0.6 is 11.6 Å². The summed E-state index contributed by atoms with van der Waals surface area (Å²) in [6, 6.07) is 2.78. The van der Waals surface area contributed by atoms with Crippen LogP contribution in [0, 0.1) is 0 Å². The Morgan fingerprint density at radius 3 is 2.42 bits per heavy atom. The Kier molecular flexibility index (Phi) is 5.11. The normalized spacial score (nSPS) is 11.7. The number of Topliss-reactive ketones (excluding diaryl/α,β-unsaturated/α-hetero) is 1. The molecule has 0 N–H and O–H groups in total. The van der Waals surface area contributed by atoms with Gasteiger partial charge in [-0.2, -0.15) is 0 Å². The molecule has 19 heavy (non-hydrogen) atoms. The second-order valence-corrected chi connectivity index (χ2v) is 3.81. The van der Waals surface area contributed by atoms with E-state index < -0.39 is 35.4 Å². The van der Waals surface area contributed by atoms with Gasteiger partial charge in [-0.1, -0.05) is 12.1 Å². The maximum Gasteiger partial charge on any atom is 0.573 e. The van der Waals surface area contributed by atoms with Crippen LogP contribution in [0.1, 0.15) is 28.8 Å². The molecule has 8 heteroatoms. The van der Waals surface area contributed by atoms with Crippen LogP contribution in [0.5, 0.6) is 5.75 Å². The first-order valence-electron chi connectivity index (χ1n) is 5.02. The number of halogens is 6. The smallest absolute Gasteiger partial charge is 0.405 e. The number of ether oxygens (including phenoxy) is 1. The molecule has 0 saturated carbocycles. The standard InChI is InChI=1S/C11H8ClF5O2/c12-5-4-7(18)6-2-1-3-8(9(6)10(13)14)19-11(15,16)17/h1-3,10H,4-5H2. The summed E-state index contributed by atoms with van der Waals surface area (Å²) in [7, 11) is 0. The van der Waals surface area contributed by atoms with Crippen LogP contribution in [0.4, 0.5) is 22.0 Å². The van der Waals surface area contributed by atoms with Gasteiger partial charge in [-0.25, -0.2) is 8.78 Å². The minimum atomic E-state index is -5.11. The van der Waals surface area contributed by atoms with E-state index >= 15 is 0 Å². The first-order chi connectivity index (χ1) is 8.76. The SMILES string of the molecule is O=C(CCCl)c1cccc(OC(F)(F)F)c1C(F)F. The van der Waals surface area contributed by atoms with Gasteiger partial charge in [0, 0.05) is 17.9 Å². The highest BCUT2D eigenvalue weighted by molar-refractivity contribution is 6.19. The van der Waals surface area contributed by atoms with Crippen molar-refractivity contribution in [1.29, 1.82) is 0 Å². The first-order valence-corrected chi connectivity index (χ1v) is 5.55. The second-order valence-electron chi connectivity index (χ2n) is 3.43. The minimum Gasteiger partial charge on any atom is -0.405 e. The lowest BCUT2D eigenvalue weighted by atomic mass is 10.0. The van der Waals surface area contributed by atoms with Crippen molar-refractivity contribution in [3.05, 3.63) is 29.3 Å². The minimum absolute atomic E-state index is 0.119. The molecule has 0 aliphatic heterocycles. The number of benzene rings is 1. The van der Waals surface area contributed by atoms with Gasteiger partial charge in [-0.3, -0.25) is 4.79 Å². The third-order valence-electron chi connectivity index (χ3n) is 2.13. The number of alkyl halides is 6. The topological polar surface area (TPSA) is 26.3 Å². The number of hydrogen-bond donors (Lipinski definition) is 0. The summed E-state index contributed by atoms with van der Waals surface area (Å²) in [5.41, 5.74) is -1.59. The van der Waals surface area contributed by atoms with Crippen LogP contribution in [-0.2, 0) is 0 Å². The predicted octanol–water partition coefficient (Wildman–Crippen LogP) is 4.33. The molecule has 0 aromatic heterocycles. The Hall–Kier alpha value is -1.37. The Morgan fingerprint density at radius 2 is 1.95 bits per heavy atom. The van der Waals surface area contributed by atoms with Gasteiger partial charge >= 0.3 is 6.36 Å². The summed E-state index contributed by atoms with van der Waals surface area (Å²) in [4.78, 5) is 11.5. The number of ketones is 1. The number of rotatable bonds is 5. The molecule has 0 bridgehead atoms. The van der Waals surface area contributed by atoms with Gasteiger partial charge in [0.05, 0.1) is 5.56 Å². The van der Waals surface area contributed by atoms with Crippen molar-refractivity contribution in [2.45, 2.75) is 19.2 Å². The predicted molar refractivity (Wildman–Crippen MR) is 57.7 cm³/mol. The Labute approximate surface area is 110 Å². The highest BCUT2D eigenvalue weighted by Gasteiger charge is 2.34. The molecule has 1 aromatic carbocycles. The van der Waals surface area contributed by atoms with E-state index in [-0.39, 0.29) is 12.3 Å². The molecule has 0 unspecified atom stereocenters. The zero-order valence-electron chi connectivity index (χ0n) is 9.31. The quantitative estimate of drug-likeness (QED) is 0.459. The Bertz CT molecular complexity index is 459. The van der Waals surface area contributed by atoms with Crippen LogP contribution in [-0.4, -0.2) is 18.0 Å². The van der Waals surface area contributed by atoms with E-state index in [0.717, 1.165) is 18.2 Å². The van der Waals surface area contributed by atoms with Crippen LogP contribution in [0.25, 0.3) is 0 Å². The highest BCUT2D eigenvalue weighted by Crippen LogP contribution is 2.35. The summed E-state index contributed by atoms with van der Waals surface area (Å²) >= 11 is 5.30. The Morgan fingerprint density at radius 1 is 1.32 bits per heavy atom. The van der Waals surface area contributed by atoms with Crippen molar-refractivity contribution >= 4 is 17.4 Å². The summed E-state index contributed by atoms with van der Waals surface area (Å²) < 4.78 is 65.4. The van der Waals surface area contributed by atoms with Gasteiger partial charge in [-0.15, -0.1) is 24.8 Å². The van der Waals surface area contributed by atoms with Crippen molar-refractivity contribution in [2.24, 2.45) is 0 Å². The van der Waals surface area contributed by atoms with Gasteiger partial charge in [0.25, 0.3) is 6.43 Å². The van der Waals surface area contributed by atoms with Crippen molar-refractivity contribution in [3.63, 3.8) is 0 Å². The van der Waals surface area contributed by atoms with Crippen molar-refractivity contribution in [3.8, 4) is 5.75 Å². The molecule has 0 saturated heterocycles. The third kappa shape index (κ3) is 4.34. The fourth-order valence-corrected chi connectivity index (χ4v) is 1.62. The maximum absolute atomic E-state index is 12.8. The zero-order valence-corrected chi connectivity index (χ0v) is 10.1. The second kappa shape index (κ2) is 6.18. The van der Waals surface area contributed by atoms with Gasteiger partial charge in [-0.05, 0) is 6.07 Å². The lowest BCUT2D eigenvalue weighted by Gasteiger charge is -2.15. The average molecular weight is 303 g/mol. The molecule has 2 nitrogen and oxygen atoms in total. The van der Waals surface area contributed by atoms with Gasteiger partial charge < -0.3 is 4.74 Å². The van der Waals surface area contributed by atoms with Crippen molar-refractivity contribution in [1.82, 2.24) is 0 Å². The molecule has 0 aliphatic rings.